The number of ether oxygens (including phenoxy) is 2. The molecule has 0 aliphatic carbocycles. The maximum atomic E-state index is 12.5. The van der Waals surface area contributed by atoms with Gasteiger partial charge in [-0.25, -0.2) is 13.1 Å². The molecule has 118 valence electrons. The van der Waals surface area contributed by atoms with Gasteiger partial charge in [0.2, 0.25) is 10.0 Å². The Balaban J connectivity index is 2.32. The fourth-order valence-corrected chi connectivity index (χ4v) is 3.17. The normalized spacial score (nSPS) is 11.2. The van der Waals surface area contributed by atoms with Crippen molar-refractivity contribution in [2.45, 2.75) is 18.4 Å². The summed E-state index contributed by atoms with van der Waals surface area (Å²) in [5.41, 5.74) is 1.56. The number of benzene rings is 1. The molecular weight excluding hydrogens is 304 g/mol. The van der Waals surface area contributed by atoms with Gasteiger partial charge in [-0.2, -0.15) is 0 Å². The molecule has 2 rings (SSSR count). The molecule has 0 spiro atoms. The fourth-order valence-electron chi connectivity index (χ4n) is 1.99. The number of nitrogens with zero attached hydrogens (tertiary/aromatic N) is 1. The predicted octanol–water partition coefficient (Wildman–Crippen LogP) is 1.89. The number of nitrogens with one attached hydrogen (secondary N) is 1. The van der Waals surface area contributed by atoms with E-state index in [4.69, 9.17) is 9.47 Å². The summed E-state index contributed by atoms with van der Waals surface area (Å²) in [5.74, 6) is 0.763. The maximum Gasteiger partial charge on any atom is 0.244 e. The van der Waals surface area contributed by atoms with E-state index in [0.29, 0.717) is 5.75 Å². The summed E-state index contributed by atoms with van der Waals surface area (Å²) in [6, 6.07) is 6.64. The molecule has 1 heterocycles. The van der Waals surface area contributed by atoms with Crippen molar-refractivity contribution < 1.29 is 17.9 Å². The van der Waals surface area contributed by atoms with E-state index in [1.165, 1.54) is 20.3 Å². The Morgan fingerprint density at radius 2 is 1.91 bits per heavy atom. The number of aryl methyl sites for hydroxylation is 1. The lowest BCUT2D eigenvalue weighted by Gasteiger charge is -2.14. The molecule has 7 heteroatoms. The Bertz CT molecular complexity index is 746. The van der Waals surface area contributed by atoms with Crippen LogP contribution in [0.3, 0.4) is 0 Å². The molecule has 2 aromatic rings. The molecule has 0 amide bonds. The average Bonchev–Trinajstić information content (AvgIpc) is 2.53. The highest BCUT2D eigenvalue weighted by molar-refractivity contribution is 7.89. The molecule has 0 atom stereocenters. The number of rotatable bonds is 6. The van der Waals surface area contributed by atoms with Crippen molar-refractivity contribution in [1.29, 1.82) is 0 Å². The van der Waals surface area contributed by atoms with Crippen molar-refractivity contribution in [3.63, 3.8) is 0 Å². The van der Waals surface area contributed by atoms with Crippen molar-refractivity contribution >= 4 is 10.0 Å². The Hall–Kier alpha value is -2.12. The van der Waals surface area contributed by atoms with Crippen LogP contribution in [0.5, 0.6) is 11.5 Å². The zero-order chi connectivity index (χ0) is 16.2. The van der Waals surface area contributed by atoms with E-state index < -0.39 is 10.0 Å². The van der Waals surface area contributed by atoms with Crippen molar-refractivity contribution in [1.82, 2.24) is 9.71 Å². The summed E-state index contributed by atoms with van der Waals surface area (Å²) in [6.07, 6.45) is 3.24. The smallest absolute Gasteiger partial charge is 0.244 e. The molecule has 1 aromatic carbocycles. The Morgan fingerprint density at radius 1 is 1.18 bits per heavy atom. The molecular formula is C15H18N2O4S. The van der Waals surface area contributed by atoms with Crippen LogP contribution in [0.4, 0.5) is 0 Å². The number of hydrogen-bond donors (Lipinski definition) is 1. The molecule has 0 aliphatic heterocycles. The monoisotopic (exact) mass is 322 g/mol. The van der Waals surface area contributed by atoms with Gasteiger partial charge in [-0.1, -0.05) is 6.07 Å². The molecule has 0 saturated heterocycles. The van der Waals surface area contributed by atoms with Crippen LogP contribution >= 0.6 is 0 Å². The van der Waals surface area contributed by atoms with E-state index in [-0.39, 0.29) is 17.2 Å². The minimum Gasteiger partial charge on any atom is -0.496 e. The van der Waals surface area contributed by atoms with Gasteiger partial charge < -0.3 is 9.47 Å². The third kappa shape index (κ3) is 3.55. The minimum atomic E-state index is -3.73. The largest absolute Gasteiger partial charge is 0.496 e. The lowest BCUT2D eigenvalue weighted by atomic mass is 10.2. The van der Waals surface area contributed by atoms with E-state index in [1.807, 2.05) is 6.92 Å². The molecule has 1 N–H and O–H groups in total. The van der Waals surface area contributed by atoms with Crippen LogP contribution in [-0.2, 0) is 16.6 Å². The van der Waals surface area contributed by atoms with Crippen molar-refractivity contribution in [2.75, 3.05) is 14.2 Å². The Kier molecular flexibility index (Phi) is 4.99. The van der Waals surface area contributed by atoms with Gasteiger partial charge in [0.25, 0.3) is 0 Å². The molecule has 0 bridgehead atoms. The molecule has 0 radical (unpaired) electrons. The summed E-state index contributed by atoms with van der Waals surface area (Å²) < 4.78 is 37.9. The van der Waals surface area contributed by atoms with Crippen LogP contribution in [0, 0.1) is 6.92 Å². The molecule has 0 aliphatic rings. The van der Waals surface area contributed by atoms with E-state index in [2.05, 4.69) is 9.71 Å². The highest BCUT2D eigenvalue weighted by Gasteiger charge is 2.21. The molecule has 0 fully saturated rings. The predicted molar refractivity (Wildman–Crippen MR) is 82.5 cm³/mol. The average molecular weight is 322 g/mol. The van der Waals surface area contributed by atoms with Gasteiger partial charge in [0.05, 0.1) is 14.2 Å². The molecule has 0 unspecified atom stereocenters. The van der Waals surface area contributed by atoms with E-state index >= 15 is 0 Å². The minimum absolute atomic E-state index is 0.0429. The van der Waals surface area contributed by atoms with Gasteiger partial charge >= 0.3 is 0 Å². The van der Waals surface area contributed by atoms with Crippen LogP contribution in [0.1, 0.15) is 11.1 Å². The Morgan fingerprint density at radius 3 is 2.50 bits per heavy atom. The highest BCUT2D eigenvalue weighted by Crippen LogP contribution is 2.31. The SMILES string of the molecule is COc1cc(S(=O)(=O)NCc2cccnc2)c(OC)cc1C. The summed E-state index contributed by atoms with van der Waals surface area (Å²) in [5, 5.41) is 0. The zero-order valence-corrected chi connectivity index (χ0v) is 13.5. The summed E-state index contributed by atoms with van der Waals surface area (Å²) in [4.78, 5) is 3.99. The summed E-state index contributed by atoms with van der Waals surface area (Å²) >= 11 is 0. The zero-order valence-electron chi connectivity index (χ0n) is 12.7. The van der Waals surface area contributed by atoms with Crippen molar-refractivity contribution in [3.8, 4) is 11.5 Å². The summed E-state index contributed by atoms with van der Waals surface area (Å²) in [6.45, 7) is 1.97. The van der Waals surface area contributed by atoms with Crippen LogP contribution in [-0.4, -0.2) is 27.6 Å². The second-order valence-corrected chi connectivity index (χ2v) is 6.39. The van der Waals surface area contributed by atoms with E-state index in [9.17, 15) is 8.42 Å². The maximum absolute atomic E-state index is 12.5. The van der Waals surface area contributed by atoms with Gasteiger partial charge in [-0.05, 0) is 30.2 Å². The molecule has 22 heavy (non-hydrogen) atoms. The molecule has 6 nitrogen and oxygen atoms in total. The second-order valence-electron chi connectivity index (χ2n) is 4.66. The molecule has 0 saturated carbocycles. The first-order chi connectivity index (χ1) is 10.5. The van der Waals surface area contributed by atoms with Gasteiger partial charge in [0.1, 0.15) is 16.4 Å². The first kappa shape index (κ1) is 16.3. The number of sulfonamides is 1. The van der Waals surface area contributed by atoms with Crippen LogP contribution in [0.25, 0.3) is 0 Å². The highest BCUT2D eigenvalue weighted by atomic mass is 32.2. The second kappa shape index (κ2) is 6.76. The topological polar surface area (TPSA) is 77.5 Å². The van der Waals surface area contributed by atoms with Crippen LogP contribution < -0.4 is 14.2 Å². The standard InChI is InChI=1S/C15H18N2O4S/c1-11-7-14(21-3)15(8-13(11)20-2)22(18,19)17-10-12-5-4-6-16-9-12/h4-9,17H,10H2,1-3H3. The lowest BCUT2D eigenvalue weighted by molar-refractivity contribution is 0.390. The quantitative estimate of drug-likeness (QED) is 0.879. The number of hydrogen-bond acceptors (Lipinski definition) is 5. The van der Waals surface area contributed by atoms with Gasteiger partial charge in [-0.15, -0.1) is 0 Å². The van der Waals surface area contributed by atoms with E-state index in [1.54, 1.807) is 30.6 Å². The van der Waals surface area contributed by atoms with Crippen molar-refractivity contribution in [2.24, 2.45) is 0 Å². The molecule has 1 aromatic heterocycles. The number of aromatic nitrogens is 1. The third-order valence-electron chi connectivity index (χ3n) is 3.16. The van der Waals surface area contributed by atoms with E-state index in [0.717, 1.165) is 11.1 Å². The van der Waals surface area contributed by atoms with Crippen molar-refractivity contribution in [3.05, 3.63) is 47.8 Å². The van der Waals surface area contributed by atoms with Gasteiger partial charge in [0.15, 0.2) is 0 Å². The van der Waals surface area contributed by atoms with Crippen LogP contribution in [0.2, 0.25) is 0 Å². The number of pyridine rings is 1. The number of methoxy groups -OCH3 is 2. The Labute approximate surface area is 130 Å². The third-order valence-corrected chi connectivity index (χ3v) is 4.58. The fraction of sp³-hybridized carbons (Fsp3) is 0.267. The van der Waals surface area contributed by atoms with Gasteiger partial charge in [-0.3, -0.25) is 4.98 Å². The first-order valence-electron chi connectivity index (χ1n) is 6.59. The van der Waals surface area contributed by atoms with Gasteiger partial charge in [0, 0.05) is 25.0 Å². The first-order valence-corrected chi connectivity index (χ1v) is 8.07. The lowest BCUT2D eigenvalue weighted by Crippen LogP contribution is -2.24. The van der Waals surface area contributed by atoms with Crippen LogP contribution in [0.15, 0.2) is 41.6 Å². The summed E-state index contributed by atoms with van der Waals surface area (Å²) in [7, 11) is -0.807.